The Balaban J connectivity index is 1.67. The molecule has 24 heavy (non-hydrogen) atoms. The molecule has 0 bridgehead atoms. The summed E-state index contributed by atoms with van der Waals surface area (Å²) in [4.78, 5) is 4.59. The van der Waals surface area contributed by atoms with Crippen molar-refractivity contribution in [3.63, 3.8) is 0 Å². The van der Waals surface area contributed by atoms with Crippen molar-refractivity contribution in [2.45, 2.75) is 19.4 Å². The van der Waals surface area contributed by atoms with Crippen LogP contribution in [0.3, 0.4) is 0 Å². The van der Waals surface area contributed by atoms with Crippen molar-refractivity contribution in [1.29, 1.82) is 0 Å². The summed E-state index contributed by atoms with van der Waals surface area (Å²) < 4.78 is 11.6. The van der Waals surface area contributed by atoms with Crippen LogP contribution in [0.1, 0.15) is 18.4 Å². The second-order valence-corrected chi connectivity index (χ2v) is 6.32. The van der Waals surface area contributed by atoms with Crippen molar-refractivity contribution in [3.8, 4) is 11.6 Å². The molecule has 0 saturated heterocycles. The monoisotopic (exact) mass is 385 g/mol. The second-order valence-electron chi connectivity index (χ2n) is 5.52. The minimum absolute atomic E-state index is 0.516. The van der Waals surface area contributed by atoms with Crippen LogP contribution in [0.5, 0.6) is 11.6 Å². The number of hydrogen-bond acceptors (Lipinski definition) is 3. The molecule has 0 amide bonds. The van der Waals surface area contributed by atoms with Gasteiger partial charge in [0, 0.05) is 22.8 Å². The van der Waals surface area contributed by atoms with Crippen LogP contribution in [0.15, 0.2) is 60.7 Å². The summed E-state index contributed by atoms with van der Waals surface area (Å²) >= 11 is 3.43. The molecule has 1 heterocycles. The van der Waals surface area contributed by atoms with E-state index >= 15 is 0 Å². The lowest BCUT2D eigenvalue weighted by Gasteiger charge is -2.09. The molecule has 0 saturated carbocycles. The molecule has 0 unspecified atom stereocenters. The van der Waals surface area contributed by atoms with Crippen LogP contribution >= 0.6 is 15.9 Å². The van der Waals surface area contributed by atoms with Crippen LogP contribution in [-0.4, -0.2) is 16.9 Å². The number of ether oxygens (including phenoxy) is 2. The number of alkyl halides is 1. The van der Waals surface area contributed by atoms with Crippen molar-refractivity contribution in [1.82, 2.24) is 4.98 Å². The van der Waals surface area contributed by atoms with Crippen molar-refractivity contribution in [3.05, 3.63) is 66.2 Å². The molecule has 2 aromatic carbocycles. The third-order valence-corrected chi connectivity index (χ3v) is 4.22. The Morgan fingerprint density at radius 2 is 1.71 bits per heavy atom. The summed E-state index contributed by atoms with van der Waals surface area (Å²) in [7, 11) is 0. The van der Waals surface area contributed by atoms with Crippen LogP contribution < -0.4 is 9.47 Å². The van der Waals surface area contributed by atoms with E-state index in [-0.39, 0.29) is 0 Å². The Labute approximate surface area is 150 Å². The third-order valence-electron chi connectivity index (χ3n) is 3.66. The number of benzene rings is 2. The van der Waals surface area contributed by atoms with Gasteiger partial charge in [0.15, 0.2) is 0 Å². The van der Waals surface area contributed by atoms with Gasteiger partial charge in [-0.1, -0.05) is 46.3 Å². The molecule has 3 aromatic rings. The Morgan fingerprint density at radius 3 is 2.54 bits per heavy atom. The number of hydrogen-bond donors (Lipinski definition) is 0. The molecule has 0 aliphatic heterocycles. The van der Waals surface area contributed by atoms with E-state index in [9.17, 15) is 0 Å². The zero-order chi connectivity index (χ0) is 16.6. The Kier molecular flexibility index (Phi) is 6.07. The van der Waals surface area contributed by atoms with E-state index < -0.39 is 0 Å². The van der Waals surface area contributed by atoms with Gasteiger partial charge in [0.05, 0.1) is 12.1 Å². The molecule has 124 valence electrons. The first-order valence-electron chi connectivity index (χ1n) is 8.11. The molecular weight excluding hydrogens is 366 g/mol. The van der Waals surface area contributed by atoms with Crippen molar-refractivity contribution in [2.75, 3.05) is 11.9 Å². The number of halogens is 1. The predicted molar refractivity (Wildman–Crippen MR) is 101 cm³/mol. The van der Waals surface area contributed by atoms with Gasteiger partial charge in [-0.05, 0) is 36.6 Å². The summed E-state index contributed by atoms with van der Waals surface area (Å²) in [6, 6.07) is 20.0. The number of unbranched alkanes of at least 4 members (excludes halogenated alkanes) is 1. The molecule has 1 aromatic heterocycles. The van der Waals surface area contributed by atoms with Crippen molar-refractivity contribution in [2.24, 2.45) is 0 Å². The van der Waals surface area contributed by atoms with Gasteiger partial charge in [0.2, 0.25) is 5.88 Å². The highest BCUT2D eigenvalue weighted by Crippen LogP contribution is 2.22. The first-order valence-corrected chi connectivity index (χ1v) is 9.23. The molecule has 0 atom stereocenters. The highest BCUT2D eigenvalue weighted by molar-refractivity contribution is 9.09. The van der Waals surface area contributed by atoms with E-state index in [0.29, 0.717) is 12.5 Å². The maximum atomic E-state index is 5.80. The lowest BCUT2D eigenvalue weighted by molar-refractivity contribution is 0.295. The van der Waals surface area contributed by atoms with Crippen molar-refractivity contribution < 1.29 is 9.47 Å². The first kappa shape index (κ1) is 16.8. The molecule has 0 spiro atoms. The minimum atomic E-state index is 0.516. The molecule has 0 aliphatic rings. The van der Waals surface area contributed by atoms with Gasteiger partial charge < -0.3 is 9.47 Å². The quantitative estimate of drug-likeness (QED) is 0.385. The average Bonchev–Trinajstić information content (AvgIpc) is 2.64. The van der Waals surface area contributed by atoms with Gasteiger partial charge in [-0.2, -0.15) is 0 Å². The number of aromatic nitrogens is 1. The van der Waals surface area contributed by atoms with Gasteiger partial charge in [-0.25, -0.2) is 4.98 Å². The Hall–Kier alpha value is -2.07. The van der Waals surface area contributed by atoms with E-state index in [2.05, 4.69) is 20.9 Å². The number of nitrogens with zero attached hydrogens (tertiary/aromatic N) is 1. The zero-order valence-corrected chi connectivity index (χ0v) is 15.0. The summed E-state index contributed by atoms with van der Waals surface area (Å²) in [6.07, 6.45) is 2.15. The number of pyridine rings is 1. The van der Waals surface area contributed by atoms with Gasteiger partial charge >= 0.3 is 0 Å². The van der Waals surface area contributed by atoms with Gasteiger partial charge in [-0.15, -0.1) is 0 Å². The zero-order valence-electron chi connectivity index (χ0n) is 13.5. The highest BCUT2D eigenvalue weighted by Gasteiger charge is 2.03. The average molecular weight is 386 g/mol. The molecule has 0 fully saturated rings. The Bertz CT molecular complexity index is 777. The topological polar surface area (TPSA) is 31.4 Å². The second kappa shape index (κ2) is 8.69. The third kappa shape index (κ3) is 4.71. The van der Waals surface area contributed by atoms with Crippen LogP contribution in [-0.2, 0) is 6.61 Å². The molecule has 3 rings (SSSR count). The van der Waals surface area contributed by atoms with Crippen LogP contribution in [0.2, 0.25) is 0 Å². The summed E-state index contributed by atoms with van der Waals surface area (Å²) in [5, 5.41) is 2.09. The van der Waals surface area contributed by atoms with Gasteiger partial charge in [0.1, 0.15) is 12.4 Å². The fourth-order valence-electron chi connectivity index (χ4n) is 2.37. The van der Waals surface area contributed by atoms with E-state index in [0.717, 1.165) is 47.0 Å². The highest BCUT2D eigenvalue weighted by atomic mass is 79.9. The van der Waals surface area contributed by atoms with E-state index in [1.807, 2.05) is 60.7 Å². The van der Waals surface area contributed by atoms with Crippen LogP contribution in [0.4, 0.5) is 0 Å². The maximum Gasteiger partial charge on any atom is 0.214 e. The molecular formula is C20H20BrNO2. The van der Waals surface area contributed by atoms with Gasteiger partial charge in [0.25, 0.3) is 0 Å². The maximum absolute atomic E-state index is 5.80. The SMILES string of the molecule is BrCCCCOc1ccc2ccc(OCc3ccccc3)nc2c1. The summed E-state index contributed by atoms with van der Waals surface area (Å²) in [5.74, 6) is 1.48. The lowest BCUT2D eigenvalue weighted by Crippen LogP contribution is -1.99. The molecule has 0 N–H and O–H groups in total. The number of rotatable bonds is 8. The van der Waals surface area contributed by atoms with Crippen LogP contribution in [0.25, 0.3) is 10.9 Å². The van der Waals surface area contributed by atoms with Gasteiger partial charge in [-0.3, -0.25) is 0 Å². The van der Waals surface area contributed by atoms with E-state index in [1.54, 1.807) is 0 Å². The normalized spacial score (nSPS) is 10.7. The summed E-state index contributed by atoms with van der Waals surface area (Å²) in [5.41, 5.74) is 2.02. The fraction of sp³-hybridized carbons (Fsp3) is 0.250. The smallest absolute Gasteiger partial charge is 0.214 e. The molecule has 3 nitrogen and oxygen atoms in total. The van der Waals surface area contributed by atoms with E-state index in [1.165, 1.54) is 0 Å². The standard InChI is InChI=1S/C20H20BrNO2/c21-12-4-5-13-23-18-10-8-17-9-11-20(22-19(17)14-18)24-15-16-6-2-1-3-7-16/h1-3,6-11,14H,4-5,12-13,15H2. The molecule has 0 radical (unpaired) electrons. The van der Waals surface area contributed by atoms with Crippen LogP contribution in [0, 0.1) is 0 Å². The van der Waals surface area contributed by atoms with E-state index in [4.69, 9.17) is 9.47 Å². The Morgan fingerprint density at radius 1 is 0.875 bits per heavy atom. The van der Waals surface area contributed by atoms with Crippen molar-refractivity contribution >= 4 is 26.8 Å². The summed E-state index contributed by atoms with van der Waals surface area (Å²) in [6.45, 7) is 1.24. The largest absolute Gasteiger partial charge is 0.494 e. The number of fused-ring (bicyclic) bond motifs is 1. The molecule has 4 heteroatoms. The predicted octanol–water partition coefficient (Wildman–Crippen LogP) is 5.37. The first-order chi connectivity index (χ1) is 11.8. The lowest BCUT2D eigenvalue weighted by atomic mass is 10.2. The molecule has 0 aliphatic carbocycles. The minimum Gasteiger partial charge on any atom is -0.494 e. The fourth-order valence-corrected chi connectivity index (χ4v) is 2.76.